The number of carboxylic acid groups (broad SMARTS) is 1. The molecule has 3 rings (SSSR count). The van der Waals surface area contributed by atoms with Crippen LogP contribution in [0, 0.1) is 0 Å². The van der Waals surface area contributed by atoms with Crippen LogP contribution in [-0.4, -0.2) is 20.2 Å². The minimum atomic E-state index is -0.961. The molecule has 0 saturated heterocycles. The van der Waals surface area contributed by atoms with E-state index in [4.69, 9.17) is 9.47 Å². The minimum Gasteiger partial charge on any atom is -0.550 e. The predicted octanol–water partition coefficient (Wildman–Crippen LogP) is 4.34. The normalized spacial score (nSPS) is 10.1. The number of carbonyl (C=O) groups is 1. The molecule has 0 aliphatic rings. The van der Waals surface area contributed by atoms with Gasteiger partial charge in [-0.25, -0.2) is 0 Å². The van der Waals surface area contributed by atoms with E-state index in [0.29, 0.717) is 6.42 Å². The summed E-state index contributed by atoms with van der Waals surface area (Å²) in [5.74, 6) is 0.790. The van der Waals surface area contributed by atoms with Crippen LogP contribution in [0.4, 0.5) is 0 Å². The molecule has 0 unspecified atom stereocenters. The molecular formula is C24H26O4S. The van der Waals surface area contributed by atoms with E-state index < -0.39 is 5.97 Å². The van der Waals surface area contributed by atoms with Gasteiger partial charge in [-0.3, -0.25) is 0 Å². The molecule has 3 aromatic carbocycles. The number of carbonyl (C=O) groups excluding carboxylic acids is 1. The van der Waals surface area contributed by atoms with Gasteiger partial charge in [-0.2, -0.15) is 0 Å². The number of aliphatic carboxylic acids is 1. The maximum Gasteiger partial charge on any atom is 0.166 e. The third-order valence-electron chi connectivity index (χ3n) is 4.02. The number of carboxylic acids is 1. The Morgan fingerprint density at radius 2 is 1.17 bits per heavy atom. The maximum absolute atomic E-state index is 9.49. The van der Waals surface area contributed by atoms with Gasteiger partial charge in [0, 0.05) is 5.97 Å². The van der Waals surface area contributed by atoms with Crippen LogP contribution >= 0.6 is 0 Å². The lowest BCUT2D eigenvalue weighted by molar-refractivity contribution is -0.305. The molecule has 0 aliphatic heterocycles. The molecule has 0 amide bonds. The Morgan fingerprint density at radius 1 is 0.759 bits per heavy atom. The first-order valence-corrected chi connectivity index (χ1v) is 10.6. The Labute approximate surface area is 175 Å². The molecule has 0 bridgehead atoms. The van der Waals surface area contributed by atoms with Crippen molar-refractivity contribution in [1.82, 2.24) is 0 Å². The smallest absolute Gasteiger partial charge is 0.166 e. The van der Waals surface area contributed by atoms with Crippen molar-refractivity contribution < 1.29 is 19.4 Å². The quantitative estimate of drug-likeness (QED) is 0.544. The minimum absolute atomic E-state index is 0.146. The molecule has 29 heavy (non-hydrogen) atoms. The molecule has 152 valence electrons. The van der Waals surface area contributed by atoms with Gasteiger partial charge < -0.3 is 19.4 Å². The lowest BCUT2D eigenvalue weighted by Gasteiger charge is -2.09. The van der Waals surface area contributed by atoms with Crippen LogP contribution in [0.25, 0.3) is 0 Å². The molecule has 0 heterocycles. The molecular weight excluding hydrogens is 384 g/mol. The van der Waals surface area contributed by atoms with E-state index in [-0.39, 0.29) is 17.3 Å². The van der Waals surface area contributed by atoms with Crippen molar-refractivity contribution in [3.05, 3.63) is 78.9 Å². The average Bonchev–Trinajstić information content (AvgIpc) is 2.76. The average molecular weight is 411 g/mol. The van der Waals surface area contributed by atoms with Crippen LogP contribution in [0.5, 0.6) is 11.5 Å². The first-order chi connectivity index (χ1) is 14.1. The second-order valence-electron chi connectivity index (χ2n) is 6.09. The first kappa shape index (κ1) is 22.4. The van der Waals surface area contributed by atoms with E-state index in [2.05, 4.69) is 48.5 Å². The van der Waals surface area contributed by atoms with Crippen LogP contribution in [0.3, 0.4) is 0 Å². The fourth-order valence-corrected chi connectivity index (χ4v) is 4.65. The van der Waals surface area contributed by atoms with Crippen LogP contribution in [0.2, 0.25) is 0 Å². The summed E-state index contributed by atoms with van der Waals surface area (Å²) < 4.78 is 10.6. The van der Waals surface area contributed by atoms with Gasteiger partial charge in [0.1, 0.15) is 11.5 Å². The van der Waals surface area contributed by atoms with Gasteiger partial charge in [0.25, 0.3) is 0 Å². The Hall–Kier alpha value is -2.92. The van der Waals surface area contributed by atoms with Crippen molar-refractivity contribution in [2.45, 2.75) is 34.5 Å². The van der Waals surface area contributed by atoms with Gasteiger partial charge in [0.2, 0.25) is 0 Å². The summed E-state index contributed by atoms with van der Waals surface area (Å²) in [6.45, 7) is 1.80. The van der Waals surface area contributed by atoms with E-state index >= 15 is 0 Å². The van der Waals surface area contributed by atoms with Gasteiger partial charge >= 0.3 is 0 Å². The van der Waals surface area contributed by atoms with Gasteiger partial charge in [-0.1, -0.05) is 31.5 Å². The fourth-order valence-electron chi connectivity index (χ4n) is 2.59. The summed E-state index contributed by atoms with van der Waals surface area (Å²) in [6, 6.07) is 27.2. The van der Waals surface area contributed by atoms with Crippen molar-refractivity contribution in [2.24, 2.45) is 0 Å². The monoisotopic (exact) mass is 410 g/mol. The number of benzene rings is 3. The van der Waals surface area contributed by atoms with E-state index in [1.807, 2.05) is 30.3 Å². The van der Waals surface area contributed by atoms with Crippen LogP contribution < -0.4 is 14.6 Å². The standard InChI is InChI=1S/C20H19O2S.C4H8O2/c1-21-16-8-12-19(13-9-16)23(18-6-4-3-5-7-18)20-14-10-17(22-2)11-15-20;1-2-3-4(5)6/h3-15H,1-2H3;2-3H2,1H3,(H,5,6)/q+1;/p-1. The van der Waals surface area contributed by atoms with Gasteiger partial charge in [-0.15, -0.1) is 0 Å². The van der Waals surface area contributed by atoms with Crippen molar-refractivity contribution in [3.8, 4) is 11.5 Å². The highest BCUT2D eigenvalue weighted by Crippen LogP contribution is 2.32. The number of hydrogen-bond acceptors (Lipinski definition) is 4. The number of rotatable bonds is 7. The molecule has 0 atom stereocenters. The van der Waals surface area contributed by atoms with E-state index in [9.17, 15) is 9.90 Å². The summed E-state index contributed by atoms with van der Waals surface area (Å²) in [5, 5.41) is 9.49. The molecule has 4 nitrogen and oxygen atoms in total. The highest BCUT2D eigenvalue weighted by atomic mass is 32.2. The Kier molecular flexibility index (Phi) is 9.12. The molecule has 0 fully saturated rings. The highest BCUT2D eigenvalue weighted by molar-refractivity contribution is 7.97. The zero-order chi connectivity index (χ0) is 21.1. The summed E-state index contributed by atoms with van der Waals surface area (Å²) in [4.78, 5) is 13.3. The summed E-state index contributed by atoms with van der Waals surface area (Å²) in [7, 11) is 3.23. The van der Waals surface area contributed by atoms with Crippen molar-refractivity contribution in [1.29, 1.82) is 0 Å². The SMILES string of the molecule is CCCC(=O)[O-].COc1ccc([S+](c2ccccc2)c2ccc(OC)cc2)cc1. The summed E-state index contributed by atoms with van der Waals surface area (Å²) >= 11 is 0. The number of hydrogen-bond donors (Lipinski definition) is 0. The molecule has 0 aliphatic carbocycles. The lowest BCUT2D eigenvalue weighted by Crippen LogP contribution is -2.20. The third kappa shape index (κ3) is 6.88. The zero-order valence-electron chi connectivity index (χ0n) is 17.0. The molecule has 0 spiro atoms. The zero-order valence-corrected chi connectivity index (χ0v) is 17.8. The van der Waals surface area contributed by atoms with Gasteiger partial charge in [-0.05, 0) is 67.1 Å². The number of methoxy groups -OCH3 is 2. The van der Waals surface area contributed by atoms with Crippen LogP contribution in [0.1, 0.15) is 19.8 Å². The molecule has 5 heteroatoms. The van der Waals surface area contributed by atoms with Crippen LogP contribution in [0.15, 0.2) is 93.5 Å². The maximum atomic E-state index is 9.49. The van der Waals surface area contributed by atoms with E-state index in [0.717, 1.165) is 11.5 Å². The highest BCUT2D eigenvalue weighted by Gasteiger charge is 2.28. The topological polar surface area (TPSA) is 58.6 Å². The van der Waals surface area contributed by atoms with Crippen molar-refractivity contribution in [2.75, 3.05) is 14.2 Å². The fraction of sp³-hybridized carbons (Fsp3) is 0.208. The lowest BCUT2D eigenvalue weighted by atomic mass is 10.3. The Balaban J connectivity index is 0.000000438. The predicted molar refractivity (Wildman–Crippen MR) is 115 cm³/mol. The van der Waals surface area contributed by atoms with Crippen LogP contribution in [-0.2, 0) is 15.7 Å². The molecule has 0 aromatic heterocycles. The molecule has 0 radical (unpaired) electrons. The second-order valence-corrected chi connectivity index (χ2v) is 8.12. The van der Waals surface area contributed by atoms with Crippen molar-refractivity contribution >= 4 is 16.9 Å². The molecule has 0 saturated carbocycles. The molecule has 3 aromatic rings. The Bertz CT molecular complexity index is 814. The summed E-state index contributed by atoms with van der Waals surface area (Å²) in [6.07, 6.45) is 0.850. The third-order valence-corrected chi connectivity index (χ3v) is 6.25. The number of ether oxygens (including phenoxy) is 2. The first-order valence-electron chi connectivity index (χ1n) is 9.36. The van der Waals surface area contributed by atoms with E-state index in [1.165, 1.54) is 14.7 Å². The van der Waals surface area contributed by atoms with Crippen molar-refractivity contribution in [3.63, 3.8) is 0 Å². The molecule has 0 N–H and O–H groups in total. The Morgan fingerprint density at radius 3 is 1.48 bits per heavy atom. The van der Waals surface area contributed by atoms with Gasteiger partial charge in [0.05, 0.1) is 25.1 Å². The largest absolute Gasteiger partial charge is 0.550 e. The van der Waals surface area contributed by atoms with E-state index in [1.54, 1.807) is 21.1 Å². The summed E-state index contributed by atoms with van der Waals surface area (Å²) in [5.41, 5.74) is 0. The van der Waals surface area contributed by atoms with Gasteiger partial charge in [0.15, 0.2) is 14.7 Å². The second kappa shape index (κ2) is 11.8.